The SMILES string of the molecule is CC(C)(C)CC(=O)N1CC(O)CCC1(C)C. The lowest BCUT2D eigenvalue weighted by Crippen LogP contribution is -2.55. The number of aliphatic hydroxyl groups excluding tert-OH is 1. The van der Waals surface area contributed by atoms with Crippen LogP contribution in [-0.2, 0) is 4.79 Å². The van der Waals surface area contributed by atoms with Gasteiger partial charge in [-0.25, -0.2) is 0 Å². The maximum Gasteiger partial charge on any atom is 0.223 e. The highest BCUT2D eigenvalue weighted by Gasteiger charge is 2.37. The average Bonchev–Trinajstić information content (AvgIpc) is 2.06. The number of carbonyl (C=O) groups excluding carboxylic acids is 1. The van der Waals surface area contributed by atoms with E-state index in [1.54, 1.807) is 0 Å². The number of piperidine rings is 1. The summed E-state index contributed by atoms with van der Waals surface area (Å²) in [6.07, 6.45) is 1.87. The molecule has 1 aliphatic heterocycles. The molecule has 94 valence electrons. The number of likely N-dealkylation sites (tertiary alicyclic amines) is 1. The summed E-state index contributed by atoms with van der Waals surface area (Å²) in [5.74, 6) is 0.163. The zero-order valence-corrected chi connectivity index (χ0v) is 11.2. The molecule has 3 nitrogen and oxygen atoms in total. The van der Waals surface area contributed by atoms with Crippen molar-refractivity contribution >= 4 is 5.91 Å². The fourth-order valence-corrected chi connectivity index (χ4v) is 2.19. The first-order valence-corrected chi connectivity index (χ1v) is 6.10. The van der Waals surface area contributed by atoms with Gasteiger partial charge in [-0.2, -0.15) is 0 Å². The van der Waals surface area contributed by atoms with Crippen LogP contribution in [0.2, 0.25) is 0 Å². The van der Waals surface area contributed by atoms with Gasteiger partial charge in [-0.3, -0.25) is 4.79 Å². The number of rotatable bonds is 1. The molecule has 1 fully saturated rings. The zero-order chi connectivity index (χ0) is 12.6. The predicted octanol–water partition coefficient (Wildman–Crippen LogP) is 2.18. The fraction of sp³-hybridized carbons (Fsp3) is 0.923. The van der Waals surface area contributed by atoms with Gasteiger partial charge in [-0.05, 0) is 32.1 Å². The molecule has 0 aromatic rings. The van der Waals surface area contributed by atoms with Gasteiger partial charge < -0.3 is 10.0 Å². The Hall–Kier alpha value is -0.570. The van der Waals surface area contributed by atoms with Crippen LogP contribution in [0.5, 0.6) is 0 Å². The van der Waals surface area contributed by atoms with Crippen LogP contribution in [-0.4, -0.2) is 34.1 Å². The number of amides is 1. The van der Waals surface area contributed by atoms with Gasteiger partial charge in [0, 0.05) is 18.5 Å². The molecule has 0 radical (unpaired) electrons. The van der Waals surface area contributed by atoms with Crippen molar-refractivity contribution in [3.05, 3.63) is 0 Å². The van der Waals surface area contributed by atoms with Crippen molar-refractivity contribution in [2.24, 2.45) is 5.41 Å². The second-order valence-corrected chi connectivity index (χ2v) is 6.75. The lowest BCUT2D eigenvalue weighted by Gasteiger charge is -2.45. The van der Waals surface area contributed by atoms with Crippen LogP contribution >= 0.6 is 0 Å². The summed E-state index contributed by atoms with van der Waals surface area (Å²) >= 11 is 0. The van der Waals surface area contributed by atoms with Crippen molar-refractivity contribution in [3.63, 3.8) is 0 Å². The largest absolute Gasteiger partial charge is 0.391 e. The molecule has 0 saturated carbocycles. The van der Waals surface area contributed by atoms with Gasteiger partial charge in [0.15, 0.2) is 0 Å². The van der Waals surface area contributed by atoms with Crippen molar-refractivity contribution < 1.29 is 9.90 Å². The molecule has 1 saturated heterocycles. The molecule has 3 heteroatoms. The second kappa shape index (κ2) is 4.36. The van der Waals surface area contributed by atoms with Gasteiger partial charge in [0.25, 0.3) is 0 Å². The van der Waals surface area contributed by atoms with E-state index >= 15 is 0 Å². The average molecular weight is 227 g/mol. The smallest absolute Gasteiger partial charge is 0.223 e. The van der Waals surface area contributed by atoms with Crippen molar-refractivity contribution in [1.82, 2.24) is 4.90 Å². The standard InChI is InChI=1S/C13H25NO2/c1-12(2,3)8-11(16)14-9-10(15)6-7-13(14,4)5/h10,15H,6-9H2,1-5H3. The molecular weight excluding hydrogens is 202 g/mol. The Morgan fingerprint density at radius 1 is 1.44 bits per heavy atom. The molecule has 0 spiro atoms. The van der Waals surface area contributed by atoms with Crippen LogP contribution in [0.15, 0.2) is 0 Å². The van der Waals surface area contributed by atoms with E-state index in [9.17, 15) is 9.90 Å². The molecule has 0 aromatic carbocycles. The third-order valence-electron chi connectivity index (χ3n) is 3.20. The third kappa shape index (κ3) is 3.48. The van der Waals surface area contributed by atoms with E-state index in [1.165, 1.54) is 0 Å². The molecule has 1 atom stereocenters. The molecule has 16 heavy (non-hydrogen) atoms. The van der Waals surface area contributed by atoms with Crippen molar-refractivity contribution in [2.45, 2.75) is 65.5 Å². The minimum Gasteiger partial charge on any atom is -0.391 e. The maximum atomic E-state index is 12.2. The van der Waals surface area contributed by atoms with E-state index in [1.807, 2.05) is 4.90 Å². The molecule has 1 aliphatic rings. The van der Waals surface area contributed by atoms with Crippen LogP contribution < -0.4 is 0 Å². The number of hydrogen-bond acceptors (Lipinski definition) is 2. The summed E-state index contributed by atoms with van der Waals surface area (Å²) in [5.41, 5.74) is -0.100. The molecule has 1 amide bonds. The molecule has 0 bridgehead atoms. The monoisotopic (exact) mass is 227 g/mol. The molecule has 1 unspecified atom stereocenters. The van der Waals surface area contributed by atoms with E-state index in [-0.39, 0.29) is 23.0 Å². The highest BCUT2D eigenvalue weighted by molar-refractivity contribution is 5.77. The number of carbonyl (C=O) groups is 1. The van der Waals surface area contributed by atoms with E-state index < -0.39 is 0 Å². The van der Waals surface area contributed by atoms with E-state index in [4.69, 9.17) is 0 Å². The van der Waals surface area contributed by atoms with Crippen LogP contribution in [0.25, 0.3) is 0 Å². The van der Waals surface area contributed by atoms with Crippen LogP contribution in [0, 0.1) is 5.41 Å². The summed E-state index contributed by atoms with van der Waals surface area (Å²) in [6.45, 7) is 10.9. The Labute approximate surface area is 98.8 Å². The maximum absolute atomic E-state index is 12.2. The summed E-state index contributed by atoms with van der Waals surface area (Å²) < 4.78 is 0. The first-order valence-electron chi connectivity index (χ1n) is 6.10. The fourth-order valence-electron chi connectivity index (χ4n) is 2.19. The first-order chi connectivity index (χ1) is 7.12. The normalized spacial score (nSPS) is 25.6. The predicted molar refractivity (Wildman–Crippen MR) is 65.1 cm³/mol. The van der Waals surface area contributed by atoms with E-state index in [0.717, 1.165) is 12.8 Å². The van der Waals surface area contributed by atoms with Gasteiger partial charge in [0.2, 0.25) is 5.91 Å². The summed E-state index contributed by atoms with van der Waals surface area (Å²) in [5, 5.41) is 9.67. The summed E-state index contributed by atoms with van der Waals surface area (Å²) in [4.78, 5) is 14.0. The van der Waals surface area contributed by atoms with Gasteiger partial charge in [-0.1, -0.05) is 20.8 Å². The quantitative estimate of drug-likeness (QED) is 0.746. The Morgan fingerprint density at radius 2 is 2.00 bits per heavy atom. The van der Waals surface area contributed by atoms with E-state index in [0.29, 0.717) is 13.0 Å². The zero-order valence-electron chi connectivity index (χ0n) is 11.2. The highest BCUT2D eigenvalue weighted by Crippen LogP contribution is 2.30. The topological polar surface area (TPSA) is 40.5 Å². The summed E-state index contributed by atoms with van der Waals surface area (Å²) in [6, 6.07) is 0. The lowest BCUT2D eigenvalue weighted by molar-refractivity contribution is -0.144. The number of aliphatic hydroxyl groups is 1. The molecule has 1 heterocycles. The minimum atomic E-state index is -0.350. The highest BCUT2D eigenvalue weighted by atomic mass is 16.3. The minimum absolute atomic E-state index is 0.00949. The number of hydrogen-bond donors (Lipinski definition) is 1. The molecular formula is C13H25NO2. The second-order valence-electron chi connectivity index (χ2n) is 6.75. The van der Waals surface area contributed by atoms with Crippen molar-refractivity contribution in [2.75, 3.05) is 6.54 Å². The Balaban J connectivity index is 2.72. The molecule has 1 rings (SSSR count). The van der Waals surface area contributed by atoms with Crippen LogP contribution in [0.4, 0.5) is 0 Å². The van der Waals surface area contributed by atoms with Gasteiger partial charge in [0.1, 0.15) is 0 Å². The van der Waals surface area contributed by atoms with E-state index in [2.05, 4.69) is 34.6 Å². The molecule has 0 aromatic heterocycles. The summed E-state index contributed by atoms with van der Waals surface area (Å²) in [7, 11) is 0. The van der Waals surface area contributed by atoms with Crippen molar-refractivity contribution in [1.29, 1.82) is 0 Å². The van der Waals surface area contributed by atoms with Gasteiger partial charge in [-0.15, -0.1) is 0 Å². The Morgan fingerprint density at radius 3 is 2.50 bits per heavy atom. The lowest BCUT2D eigenvalue weighted by atomic mass is 9.86. The number of nitrogens with zero attached hydrogens (tertiary/aromatic N) is 1. The van der Waals surface area contributed by atoms with Crippen LogP contribution in [0.3, 0.4) is 0 Å². The van der Waals surface area contributed by atoms with Gasteiger partial charge >= 0.3 is 0 Å². The molecule has 1 N–H and O–H groups in total. The van der Waals surface area contributed by atoms with Crippen LogP contribution in [0.1, 0.15) is 53.9 Å². The van der Waals surface area contributed by atoms with Crippen molar-refractivity contribution in [3.8, 4) is 0 Å². The third-order valence-corrected chi connectivity index (χ3v) is 3.20. The Kier molecular flexibility index (Phi) is 3.68. The van der Waals surface area contributed by atoms with Gasteiger partial charge in [0.05, 0.1) is 6.10 Å². The Bertz CT molecular complexity index is 266. The first kappa shape index (κ1) is 13.5. The number of β-amino-alcohol motifs (C(OH)–C–C–N with tert-alkyl or cyclic N) is 1. The molecule has 0 aliphatic carbocycles.